The third-order valence-electron chi connectivity index (χ3n) is 4.27. The topological polar surface area (TPSA) is 54.8 Å². The maximum absolute atomic E-state index is 4.34. The number of hydrogen-bond donors (Lipinski definition) is 2. The molecule has 4 rings (SSSR count). The Morgan fingerprint density at radius 3 is 2.94 bits per heavy atom. The van der Waals surface area contributed by atoms with E-state index in [0.29, 0.717) is 6.04 Å². The van der Waals surface area contributed by atoms with Gasteiger partial charge in [0, 0.05) is 11.8 Å². The molecule has 1 saturated carbocycles. The highest BCUT2D eigenvalue weighted by Crippen LogP contribution is 2.39. The van der Waals surface area contributed by atoms with Crippen molar-refractivity contribution in [1.29, 1.82) is 0 Å². The molecular formula is C13H17N5. The lowest BCUT2D eigenvalue weighted by molar-refractivity contribution is 0.289. The molecule has 3 heterocycles. The Bertz CT molecular complexity index is 528. The first kappa shape index (κ1) is 10.3. The molecule has 0 aromatic rings. The molecule has 0 saturated heterocycles. The van der Waals surface area contributed by atoms with Gasteiger partial charge in [0.15, 0.2) is 5.82 Å². The SMILES string of the molecule is c1cc2c3n(cnc-2n1)NNC3C1CCCCC1. The molecule has 1 unspecified atom stereocenters. The molecule has 1 atom stereocenters. The van der Waals surface area contributed by atoms with Crippen LogP contribution in [-0.2, 0) is 0 Å². The summed E-state index contributed by atoms with van der Waals surface area (Å²) in [5, 5.41) is 0. The minimum Gasteiger partial charge on any atom is -0.257 e. The zero-order chi connectivity index (χ0) is 11.9. The molecule has 1 fully saturated rings. The molecule has 0 radical (unpaired) electrons. The Morgan fingerprint density at radius 1 is 1.17 bits per heavy atom. The van der Waals surface area contributed by atoms with E-state index >= 15 is 0 Å². The molecule has 3 aliphatic heterocycles. The van der Waals surface area contributed by atoms with E-state index in [0.717, 1.165) is 11.7 Å². The average Bonchev–Trinajstić information content (AvgIpc) is 3.05. The highest BCUT2D eigenvalue weighted by molar-refractivity contribution is 5.61. The van der Waals surface area contributed by atoms with E-state index in [4.69, 9.17) is 0 Å². The quantitative estimate of drug-likeness (QED) is 0.805. The molecule has 0 amide bonds. The average molecular weight is 243 g/mol. The minimum absolute atomic E-state index is 0.389. The van der Waals surface area contributed by atoms with Gasteiger partial charge in [-0.3, -0.25) is 5.53 Å². The van der Waals surface area contributed by atoms with E-state index in [2.05, 4.69) is 27.0 Å². The standard InChI is InChI=1S/C13H17N5/c1-2-4-9(5-3-1)11-12-10-6-7-14-13(10)15-8-18(12)17-16-11/h6-9,11,16-17H,1-5H2. The van der Waals surface area contributed by atoms with Crippen LogP contribution in [0.2, 0.25) is 0 Å². The van der Waals surface area contributed by atoms with Crippen molar-refractivity contribution in [1.82, 2.24) is 20.1 Å². The van der Waals surface area contributed by atoms with Crippen molar-refractivity contribution in [3.8, 4) is 11.4 Å². The summed E-state index contributed by atoms with van der Waals surface area (Å²) in [5.74, 6) is 1.58. The number of aromatic nitrogens is 3. The molecule has 0 aromatic heterocycles. The molecule has 0 spiro atoms. The lowest BCUT2D eigenvalue weighted by Gasteiger charge is -2.27. The summed E-state index contributed by atoms with van der Waals surface area (Å²) in [6.45, 7) is 0. The zero-order valence-electron chi connectivity index (χ0n) is 10.3. The van der Waals surface area contributed by atoms with Crippen LogP contribution in [0.3, 0.4) is 0 Å². The molecule has 18 heavy (non-hydrogen) atoms. The highest BCUT2D eigenvalue weighted by Gasteiger charge is 2.33. The monoisotopic (exact) mass is 243 g/mol. The molecule has 4 aliphatic rings. The summed E-state index contributed by atoms with van der Waals surface area (Å²) in [7, 11) is 0. The van der Waals surface area contributed by atoms with Crippen LogP contribution < -0.4 is 11.0 Å². The molecule has 2 N–H and O–H groups in total. The third-order valence-corrected chi connectivity index (χ3v) is 4.27. The van der Waals surface area contributed by atoms with Gasteiger partial charge in [-0.2, -0.15) is 0 Å². The van der Waals surface area contributed by atoms with Crippen molar-refractivity contribution in [3.05, 3.63) is 24.3 Å². The fourth-order valence-electron chi connectivity index (χ4n) is 3.36. The van der Waals surface area contributed by atoms with E-state index in [1.54, 1.807) is 0 Å². The zero-order valence-corrected chi connectivity index (χ0v) is 10.3. The van der Waals surface area contributed by atoms with Crippen LogP contribution in [0.4, 0.5) is 0 Å². The number of nitrogens with zero attached hydrogens (tertiary/aromatic N) is 3. The fourth-order valence-corrected chi connectivity index (χ4v) is 3.36. The van der Waals surface area contributed by atoms with E-state index in [1.165, 1.54) is 43.4 Å². The van der Waals surface area contributed by atoms with Gasteiger partial charge in [-0.1, -0.05) is 19.3 Å². The van der Waals surface area contributed by atoms with Gasteiger partial charge >= 0.3 is 0 Å². The maximum Gasteiger partial charge on any atom is 0.162 e. The van der Waals surface area contributed by atoms with Crippen molar-refractivity contribution in [2.75, 3.05) is 5.53 Å². The van der Waals surface area contributed by atoms with Gasteiger partial charge in [-0.15, -0.1) is 0 Å². The molecule has 0 bridgehead atoms. The van der Waals surface area contributed by atoms with E-state index in [9.17, 15) is 0 Å². The van der Waals surface area contributed by atoms with Crippen LogP contribution in [0.1, 0.15) is 43.8 Å². The van der Waals surface area contributed by atoms with Gasteiger partial charge in [0.25, 0.3) is 0 Å². The molecule has 1 aliphatic carbocycles. The van der Waals surface area contributed by atoms with Crippen LogP contribution >= 0.6 is 0 Å². The van der Waals surface area contributed by atoms with Gasteiger partial charge in [0.05, 0.1) is 11.7 Å². The number of nitrogens with one attached hydrogen (secondary N) is 2. The Morgan fingerprint density at radius 2 is 2.06 bits per heavy atom. The molecule has 5 heteroatoms. The van der Waals surface area contributed by atoms with Crippen LogP contribution in [0.5, 0.6) is 0 Å². The normalized spacial score (nSPS) is 24.1. The maximum atomic E-state index is 4.34. The summed E-state index contributed by atoms with van der Waals surface area (Å²) in [4.78, 5) is 8.64. The van der Waals surface area contributed by atoms with Gasteiger partial charge < -0.3 is 0 Å². The molecule has 0 aromatic carbocycles. The number of hydrogen-bond acceptors (Lipinski definition) is 4. The Balaban J connectivity index is 1.76. The van der Waals surface area contributed by atoms with Crippen molar-refractivity contribution in [3.63, 3.8) is 0 Å². The highest BCUT2D eigenvalue weighted by atomic mass is 15.7. The minimum atomic E-state index is 0.389. The van der Waals surface area contributed by atoms with Gasteiger partial charge in [-0.25, -0.2) is 20.1 Å². The molecular weight excluding hydrogens is 226 g/mol. The van der Waals surface area contributed by atoms with Crippen LogP contribution in [0.25, 0.3) is 11.4 Å². The summed E-state index contributed by atoms with van der Waals surface area (Å²) >= 11 is 0. The second-order valence-electron chi connectivity index (χ2n) is 5.31. The predicted molar refractivity (Wildman–Crippen MR) is 68.5 cm³/mol. The summed E-state index contributed by atoms with van der Waals surface area (Å²) < 4.78 is 2.00. The lowest BCUT2D eigenvalue weighted by Crippen LogP contribution is -2.28. The molecule has 94 valence electrons. The van der Waals surface area contributed by atoms with Crippen LogP contribution in [-0.4, -0.2) is 14.6 Å². The smallest absolute Gasteiger partial charge is 0.162 e. The Labute approximate surface area is 106 Å². The van der Waals surface area contributed by atoms with Crippen LogP contribution in [0, 0.1) is 5.92 Å². The number of hydrazine groups is 1. The van der Waals surface area contributed by atoms with E-state index < -0.39 is 0 Å². The van der Waals surface area contributed by atoms with Crippen molar-refractivity contribution in [2.24, 2.45) is 5.92 Å². The van der Waals surface area contributed by atoms with Crippen molar-refractivity contribution < 1.29 is 0 Å². The number of rotatable bonds is 1. The first-order chi connectivity index (χ1) is 8.93. The molecule has 5 nitrogen and oxygen atoms in total. The second-order valence-corrected chi connectivity index (χ2v) is 5.31. The largest absolute Gasteiger partial charge is 0.257 e. The van der Waals surface area contributed by atoms with Gasteiger partial charge in [0.1, 0.15) is 6.33 Å². The summed E-state index contributed by atoms with van der Waals surface area (Å²) in [6, 6.07) is 2.46. The lowest BCUT2D eigenvalue weighted by atomic mass is 9.82. The number of fused-ring (bicyclic) bond motifs is 3. The Hall–Kier alpha value is -1.62. The summed E-state index contributed by atoms with van der Waals surface area (Å²) in [6.07, 6.45) is 10.4. The van der Waals surface area contributed by atoms with E-state index in [1.807, 2.05) is 17.2 Å². The predicted octanol–water partition coefficient (Wildman–Crippen LogP) is 2.07. The Kier molecular flexibility index (Phi) is 2.26. The van der Waals surface area contributed by atoms with E-state index in [-0.39, 0.29) is 0 Å². The first-order valence-electron chi connectivity index (χ1n) is 6.77. The van der Waals surface area contributed by atoms with Crippen molar-refractivity contribution in [2.45, 2.75) is 38.1 Å². The second kappa shape index (κ2) is 3.95. The van der Waals surface area contributed by atoms with Gasteiger partial charge in [-0.05, 0) is 24.8 Å². The van der Waals surface area contributed by atoms with Crippen molar-refractivity contribution >= 4 is 0 Å². The fraction of sp³-hybridized carbons (Fsp3) is 0.538. The first-order valence-corrected chi connectivity index (χ1v) is 6.77. The summed E-state index contributed by atoms with van der Waals surface area (Å²) in [5.41, 5.74) is 9.09. The van der Waals surface area contributed by atoms with Crippen LogP contribution in [0.15, 0.2) is 18.6 Å². The van der Waals surface area contributed by atoms with Gasteiger partial charge in [0.2, 0.25) is 0 Å². The third kappa shape index (κ3) is 1.43.